The zero-order chi connectivity index (χ0) is 10.2. The first-order valence-electron chi connectivity index (χ1n) is 3.08. The Balaban J connectivity index is 3.62. The van der Waals surface area contributed by atoms with Crippen LogP contribution in [0.3, 0.4) is 0 Å². The second-order valence-electron chi connectivity index (χ2n) is 2.29. The third-order valence-electron chi connectivity index (χ3n) is 1.37. The van der Waals surface area contributed by atoms with Gasteiger partial charge in [-0.25, -0.2) is 4.39 Å². The van der Waals surface area contributed by atoms with E-state index < -0.39 is 20.8 Å². The number of nitrogen functional groups attached to an aromatic ring is 1. The lowest BCUT2D eigenvalue weighted by Gasteiger charge is -2.05. The number of rotatable bonds is 1. The molecular weight excluding hydrogens is 217 g/mol. The molecule has 0 unspecified atom stereocenters. The van der Waals surface area contributed by atoms with E-state index in [0.29, 0.717) is 0 Å². The third kappa shape index (κ3) is 1.93. The molecule has 0 amide bonds. The highest BCUT2D eigenvalue weighted by Crippen LogP contribution is 2.27. The van der Waals surface area contributed by atoms with E-state index in [1.165, 1.54) is 0 Å². The normalized spacial score (nSPS) is 11.6. The Hall–Kier alpha value is -0.790. The van der Waals surface area contributed by atoms with Crippen molar-refractivity contribution >= 4 is 28.4 Å². The van der Waals surface area contributed by atoms with Crippen molar-refractivity contribution in [3.8, 4) is 0 Å². The van der Waals surface area contributed by atoms with Crippen LogP contribution in [-0.4, -0.2) is 13.0 Å². The molecule has 0 heterocycles. The number of hydrogen-bond donors (Lipinski definition) is 3. The number of hydrogen-bond acceptors (Lipinski definition) is 4. The summed E-state index contributed by atoms with van der Waals surface area (Å²) in [7, 11) is -4.62. The minimum atomic E-state index is -4.62. The zero-order valence-corrected chi connectivity index (χ0v) is 7.94. The van der Waals surface area contributed by atoms with E-state index in [-0.39, 0.29) is 10.6 Å². The molecule has 0 saturated carbocycles. The fourth-order valence-electron chi connectivity index (χ4n) is 0.807. The van der Waals surface area contributed by atoms with E-state index in [1.807, 2.05) is 0 Å². The van der Waals surface area contributed by atoms with Gasteiger partial charge < -0.3 is 5.73 Å². The Morgan fingerprint density at radius 3 is 2.38 bits per heavy atom. The lowest BCUT2D eigenvalue weighted by atomic mass is 10.3. The molecule has 0 radical (unpaired) electrons. The van der Waals surface area contributed by atoms with Crippen molar-refractivity contribution in [1.82, 2.24) is 0 Å². The molecule has 13 heavy (non-hydrogen) atoms. The average molecular weight is 223 g/mol. The molecule has 0 atom stereocenters. The first-order valence-corrected chi connectivity index (χ1v) is 4.97. The van der Waals surface area contributed by atoms with Gasteiger partial charge in [0.1, 0.15) is 10.7 Å². The van der Waals surface area contributed by atoms with Gasteiger partial charge in [-0.3, -0.25) is 4.55 Å². The van der Waals surface area contributed by atoms with E-state index in [4.69, 9.17) is 10.3 Å². The first kappa shape index (κ1) is 10.3. The second-order valence-corrected chi connectivity index (χ2v) is 4.10. The van der Waals surface area contributed by atoms with Crippen LogP contribution < -0.4 is 5.73 Å². The van der Waals surface area contributed by atoms with Crippen molar-refractivity contribution in [2.45, 2.75) is 9.79 Å². The van der Waals surface area contributed by atoms with E-state index >= 15 is 0 Å². The van der Waals surface area contributed by atoms with Crippen LogP contribution in [0.15, 0.2) is 21.9 Å². The molecule has 0 aliphatic rings. The fraction of sp³-hybridized carbons (Fsp3) is 0. The minimum Gasteiger partial charge on any atom is -0.398 e. The summed E-state index contributed by atoms with van der Waals surface area (Å²) in [4.78, 5) is -1.18. The molecule has 0 aliphatic carbocycles. The fourth-order valence-corrected chi connectivity index (χ4v) is 2.01. The molecule has 1 rings (SSSR count). The van der Waals surface area contributed by atoms with Gasteiger partial charge in [0.15, 0.2) is 0 Å². The van der Waals surface area contributed by atoms with Crippen LogP contribution in [0, 0.1) is 5.82 Å². The van der Waals surface area contributed by atoms with Gasteiger partial charge in [-0.1, -0.05) is 0 Å². The number of anilines is 1. The van der Waals surface area contributed by atoms with Crippen LogP contribution in [0.25, 0.3) is 0 Å². The van der Waals surface area contributed by atoms with Gasteiger partial charge in [-0.2, -0.15) is 8.42 Å². The predicted octanol–water partition coefficient (Wildman–Crippen LogP) is 0.943. The van der Waals surface area contributed by atoms with Crippen LogP contribution in [0.4, 0.5) is 10.1 Å². The van der Waals surface area contributed by atoms with Crippen LogP contribution in [0.5, 0.6) is 0 Å². The van der Waals surface area contributed by atoms with Gasteiger partial charge in [-0.15, -0.1) is 12.6 Å². The van der Waals surface area contributed by atoms with Crippen molar-refractivity contribution in [1.29, 1.82) is 0 Å². The topological polar surface area (TPSA) is 80.4 Å². The van der Waals surface area contributed by atoms with Crippen LogP contribution in [0.1, 0.15) is 0 Å². The van der Waals surface area contributed by atoms with Crippen molar-refractivity contribution in [3.05, 3.63) is 17.9 Å². The van der Waals surface area contributed by atoms with Crippen LogP contribution >= 0.6 is 12.6 Å². The molecule has 0 aliphatic heterocycles. The number of thiol groups is 1. The Kier molecular flexibility index (Phi) is 2.51. The second kappa shape index (κ2) is 3.17. The zero-order valence-electron chi connectivity index (χ0n) is 6.23. The van der Waals surface area contributed by atoms with E-state index in [9.17, 15) is 12.8 Å². The molecule has 0 saturated heterocycles. The molecule has 1 aromatic carbocycles. The summed E-state index contributed by atoms with van der Waals surface area (Å²) >= 11 is 3.67. The van der Waals surface area contributed by atoms with Crippen LogP contribution in [-0.2, 0) is 10.1 Å². The lowest BCUT2D eigenvalue weighted by molar-refractivity contribution is 0.470. The van der Waals surface area contributed by atoms with E-state index in [0.717, 1.165) is 12.1 Å². The highest BCUT2D eigenvalue weighted by molar-refractivity contribution is 7.87. The summed E-state index contributed by atoms with van der Waals surface area (Å²) < 4.78 is 42.8. The third-order valence-corrected chi connectivity index (χ3v) is 2.92. The number of halogens is 1. The Morgan fingerprint density at radius 1 is 1.46 bits per heavy atom. The molecule has 0 spiro atoms. The number of nitrogens with two attached hydrogens (primary N) is 1. The maximum absolute atomic E-state index is 12.9. The van der Waals surface area contributed by atoms with Gasteiger partial charge in [-0.05, 0) is 12.1 Å². The quantitative estimate of drug-likeness (QED) is 0.376. The summed E-state index contributed by atoms with van der Waals surface area (Å²) in [6, 6.07) is 2.00. The monoisotopic (exact) mass is 223 g/mol. The molecule has 0 fully saturated rings. The Morgan fingerprint density at radius 2 is 2.00 bits per heavy atom. The van der Waals surface area contributed by atoms with Gasteiger partial charge in [0, 0.05) is 5.69 Å². The summed E-state index contributed by atoms with van der Waals surface area (Å²) in [5.74, 6) is -1.08. The maximum atomic E-state index is 12.9. The smallest absolute Gasteiger partial charge is 0.298 e. The van der Waals surface area contributed by atoms with E-state index in [1.54, 1.807) is 0 Å². The first-order chi connectivity index (χ1) is 5.84. The molecule has 1 aromatic rings. The molecule has 7 heteroatoms. The molecular formula is C6H6FNO3S2. The highest BCUT2D eigenvalue weighted by atomic mass is 32.2. The molecule has 0 aromatic heterocycles. The Bertz CT molecular complexity index is 443. The molecule has 72 valence electrons. The van der Waals surface area contributed by atoms with Crippen molar-refractivity contribution < 1.29 is 17.4 Å². The van der Waals surface area contributed by atoms with E-state index in [2.05, 4.69) is 12.6 Å². The summed E-state index contributed by atoms with van der Waals surface area (Å²) in [5.41, 5.74) is 5.25. The van der Waals surface area contributed by atoms with Gasteiger partial charge >= 0.3 is 0 Å². The molecule has 3 N–H and O–H groups in total. The predicted molar refractivity (Wildman–Crippen MR) is 47.9 cm³/mol. The SMILES string of the molecule is Nc1ccc(F)c(S(=O)(=O)O)c1S. The minimum absolute atomic E-state index is 0.0163. The molecule has 4 nitrogen and oxygen atoms in total. The van der Waals surface area contributed by atoms with Gasteiger partial charge in [0.2, 0.25) is 0 Å². The average Bonchev–Trinajstić information content (AvgIpc) is 1.95. The largest absolute Gasteiger partial charge is 0.398 e. The lowest BCUT2D eigenvalue weighted by Crippen LogP contribution is -2.05. The van der Waals surface area contributed by atoms with Crippen LogP contribution in [0.2, 0.25) is 0 Å². The van der Waals surface area contributed by atoms with Gasteiger partial charge in [0.25, 0.3) is 10.1 Å². The summed E-state index contributed by atoms with van der Waals surface area (Å²) in [5, 5.41) is 0. The van der Waals surface area contributed by atoms with Crippen molar-refractivity contribution in [2.75, 3.05) is 5.73 Å². The molecule has 0 bridgehead atoms. The summed E-state index contributed by atoms with van der Waals surface area (Å²) in [6.07, 6.45) is 0. The van der Waals surface area contributed by atoms with Gasteiger partial charge in [0.05, 0.1) is 4.90 Å². The summed E-state index contributed by atoms with van der Waals surface area (Å²) in [6.45, 7) is 0. The van der Waals surface area contributed by atoms with Crippen molar-refractivity contribution in [3.63, 3.8) is 0 Å². The maximum Gasteiger partial charge on any atom is 0.298 e. The highest BCUT2D eigenvalue weighted by Gasteiger charge is 2.20. The Labute approximate surface area is 79.7 Å². The standard InChI is InChI=1S/C6H6FNO3S2/c7-3-1-2-4(8)5(12)6(3)13(9,10)11/h1-2,12H,8H2,(H,9,10,11). The van der Waals surface area contributed by atoms with Crippen molar-refractivity contribution in [2.24, 2.45) is 0 Å². The number of benzene rings is 1.